The van der Waals surface area contributed by atoms with Gasteiger partial charge in [0.2, 0.25) is 0 Å². The highest BCUT2D eigenvalue weighted by molar-refractivity contribution is 6.46. The molecule has 2 heterocycles. The van der Waals surface area contributed by atoms with Crippen LogP contribution in [0.1, 0.15) is 50.0 Å². The Balaban J connectivity index is 2.13. The summed E-state index contributed by atoms with van der Waals surface area (Å²) < 4.78 is 5.24. The molecule has 138 valence electrons. The molecule has 0 saturated carbocycles. The molecule has 6 nitrogen and oxygen atoms in total. The van der Waals surface area contributed by atoms with Gasteiger partial charge in [0.25, 0.3) is 5.91 Å². The summed E-state index contributed by atoms with van der Waals surface area (Å²) in [4.78, 5) is 30.6. The lowest BCUT2D eigenvalue weighted by Gasteiger charge is -2.36. The number of ether oxygens (including phenoxy) is 1. The first-order valence-electron chi connectivity index (χ1n) is 8.09. The number of carbonyl (C=O) groups excluding carboxylic acids is 2. The van der Waals surface area contributed by atoms with Crippen LogP contribution < -0.4 is 5.73 Å². The summed E-state index contributed by atoms with van der Waals surface area (Å²) in [5.74, 6) is -1.11. The van der Waals surface area contributed by atoms with Gasteiger partial charge >= 0.3 is 5.97 Å². The van der Waals surface area contributed by atoms with E-state index in [1.54, 1.807) is 4.90 Å². The molecule has 0 unspecified atom stereocenters. The first-order chi connectivity index (χ1) is 11.8. The second-order valence-corrected chi connectivity index (χ2v) is 7.04. The molecular weight excluding hydrogens is 389 g/mol. The number of nitrogen functional groups attached to an aromatic ring is 1. The number of hydrogen-bond donors (Lipinski definition) is 1. The largest absolute Gasteiger partial charge is 0.448 e. The molecule has 0 aliphatic carbocycles. The van der Waals surface area contributed by atoms with Crippen LogP contribution in [-0.4, -0.2) is 40.5 Å². The normalized spacial score (nSPS) is 18.8. The van der Waals surface area contributed by atoms with Gasteiger partial charge in [-0.2, -0.15) is 0 Å². The number of nitrogens with two attached hydrogens (primary N) is 1. The van der Waals surface area contributed by atoms with Crippen molar-refractivity contribution < 1.29 is 14.3 Å². The molecule has 1 fully saturated rings. The third-order valence-corrected chi connectivity index (χ3v) is 5.41. The number of carbonyl (C=O) groups is 2. The lowest BCUT2D eigenvalue weighted by molar-refractivity contribution is -0.143. The molecule has 0 spiro atoms. The molecule has 25 heavy (non-hydrogen) atoms. The maximum Gasteiger partial charge on any atom is 0.359 e. The number of esters is 1. The van der Waals surface area contributed by atoms with Gasteiger partial charge in [0.05, 0.1) is 10.7 Å². The Hall–Kier alpha value is -1.24. The maximum atomic E-state index is 12.6. The maximum absolute atomic E-state index is 12.6. The van der Waals surface area contributed by atoms with E-state index in [0.29, 0.717) is 6.54 Å². The Labute approximate surface area is 161 Å². The van der Waals surface area contributed by atoms with Crippen molar-refractivity contribution in [2.45, 2.75) is 51.7 Å². The summed E-state index contributed by atoms with van der Waals surface area (Å²) in [5, 5.41) is -0.341. The van der Waals surface area contributed by atoms with E-state index in [2.05, 4.69) is 4.98 Å². The van der Waals surface area contributed by atoms with E-state index in [9.17, 15) is 9.59 Å². The van der Waals surface area contributed by atoms with Gasteiger partial charge in [-0.3, -0.25) is 4.79 Å². The Morgan fingerprint density at radius 2 is 2.00 bits per heavy atom. The fraction of sp³-hybridized carbons (Fsp3) is 0.562. The molecule has 1 aromatic rings. The van der Waals surface area contributed by atoms with Gasteiger partial charge in [-0.15, -0.1) is 0 Å². The van der Waals surface area contributed by atoms with Gasteiger partial charge in [0.15, 0.2) is 17.0 Å². The van der Waals surface area contributed by atoms with Crippen molar-refractivity contribution in [2.24, 2.45) is 0 Å². The third kappa shape index (κ3) is 4.30. The predicted octanol–water partition coefficient (Wildman–Crippen LogP) is 3.96. The number of amides is 1. The summed E-state index contributed by atoms with van der Waals surface area (Å²) in [5.41, 5.74) is 5.37. The lowest BCUT2D eigenvalue weighted by atomic mass is 9.99. The van der Waals surface area contributed by atoms with Crippen LogP contribution in [0.4, 0.5) is 5.69 Å². The Morgan fingerprint density at radius 3 is 2.64 bits per heavy atom. The molecule has 1 saturated heterocycles. The van der Waals surface area contributed by atoms with Crippen LogP contribution in [0.3, 0.4) is 0 Å². The van der Waals surface area contributed by atoms with Crippen molar-refractivity contribution in [3.05, 3.63) is 20.9 Å². The zero-order valence-electron chi connectivity index (χ0n) is 14.0. The van der Waals surface area contributed by atoms with E-state index in [1.165, 1.54) is 6.92 Å². The Morgan fingerprint density at radius 1 is 1.32 bits per heavy atom. The van der Waals surface area contributed by atoms with E-state index in [0.717, 1.165) is 25.7 Å². The Kier molecular flexibility index (Phi) is 6.77. The van der Waals surface area contributed by atoms with Gasteiger partial charge in [0.1, 0.15) is 5.02 Å². The minimum absolute atomic E-state index is 0.0357. The molecule has 2 N–H and O–H groups in total. The third-order valence-electron chi connectivity index (χ3n) is 4.28. The van der Waals surface area contributed by atoms with Crippen molar-refractivity contribution >= 4 is 52.4 Å². The molecule has 1 aliphatic rings. The molecule has 1 aliphatic heterocycles. The van der Waals surface area contributed by atoms with Crippen LogP contribution in [0.25, 0.3) is 0 Å². The van der Waals surface area contributed by atoms with Crippen LogP contribution in [-0.2, 0) is 9.53 Å². The number of pyridine rings is 1. The number of aromatic nitrogens is 1. The topological polar surface area (TPSA) is 85.5 Å². The van der Waals surface area contributed by atoms with Crippen molar-refractivity contribution in [3.8, 4) is 0 Å². The molecule has 1 aromatic heterocycles. The molecule has 2 atom stereocenters. The summed E-state index contributed by atoms with van der Waals surface area (Å²) in [7, 11) is 0. The van der Waals surface area contributed by atoms with E-state index in [-0.39, 0.29) is 38.5 Å². The molecule has 9 heteroatoms. The van der Waals surface area contributed by atoms with Gasteiger partial charge in [-0.25, -0.2) is 9.78 Å². The number of hydrogen-bond acceptors (Lipinski definition) is 5. The quantitative estimate of drug-likeness (QED) is 0.602. The summed E-state index contributed by atoms with van der Waals surface area (Å²) in [6, 6.07) is 0.171. The van der Waals surface area contributed by atoms with E-state index >= 15 is 0 Å². The van der Waals surface area contributed by atoms with E-state index in [4.69, 9.17) is 45.3 Å². The second kappa shape index (κ2) is 8.43. The van der Waals surface area contributed by atoms with E-state index in [1.807, 2.05) is 6.92 Å². The highest BCUT2D eigenvalue weighted by Gasteiger charge is 2.31. The molecule has 2 rings (SSSR count). The summed E-state index contributed by atoms with van der Waals surface area (Å²) in [6.45, 7) is 4.23. The number of piperidine rings is 1. The average molecular weight is 409 g/mol. The smallest absolute Gasteiger partial charge is 0.359 e. The van der Waals surface area contributed by atoms with Crippen molar-refractivity contribution in [3.63, 3.8) is 0 Å². The van der Waals surface area contributed by atoms with Crippen LogP contribution in [0, 0.1) is 0 Å². The van der Waals surface area contributed by atoms with E-state index < -0.39 is 12.1 Å². The molecule has 0 radical (unpaired) electrons. The first kappa shape index (κ1) is 20.1. The second-order valence-electron chi connectivity index (χ2n) is 5.93. The number of likely N-dealkylation sites (tertiary alicyclic amines) is 1. The number of anilines is 1. The van der Waals surface area contributed by atoms with Crippen LogP contribution >= 0.6 is 34.8 Å². The van der Waals surface area contributed by atoms with Gasteiger partial charge in [-0.05, 0) is 32.6 Å². The van der Waals surface area contributed by atoms with Crippen molar-refractivity contribution in [1.82, 2.24) is 9.88 Å². The molecule has 0 bridgehead atoms. The minimum Gasteiger partial charge on any atom is -0.448 e. The first-order valence-corrected chi connectivity index (χ1v) is 9.22. The lowest BCUT2D eigenvalue weighted by Crippen LogP contribution is -2.48. The standard InChI is InChI=1S/C16H20Cl3N3O3/c1-3-9-6-4-5-7-22(9)15(23)8(2)25-16(24)13-10(17)12(20)11(18)14(19)21-13/h8-9H,3-7H2,1-2H3,(H2,20,21)/t8-,9-/m1/s1. The zero-order valence-corrected chi connectivity index (χ0v) is 16.3. The highest BCUT2D eigenvalue weighted by Crippen LogP contribution is 2.34. The van der Waals surface area contributed by atoms with Gasteiger partial charge < -0.3 is 15.4 Å². The van der Waals surface area contributed by atoms with Crippen molar-refractivity contribution in [2.75, 3.05) is 12.3 Å². The number of rotatable bonds is 4. The van der Waals surface area contributed by atoms with Crippen LogP contribution in [0.15, 0.2) is 0 Å². The predicted molar refractivity (Wildman–Crippen MR) is 98.2 cm³/mol. The van der Waals surface area contributed by atoms with Crippen molar-refractivity contribution in [1.29, 1.82) is 0 Å². The number of halogens is 3. The van der Waals surface area contributed by atoms with Crippen LogP contribution in [0.2, 0.25) is 15.2 Å². The fourth-order valence-corrected chi connectivity index (χ4v) is 3.47. The van der Waals surface area contributed by atoms with Gasteiger partial charge in [-0.1, -0.05) is 41.7 Å². The monoisotopic (exact) mass is 407 g/mol. The average Bonchev–Trinajstić information content (AvgIpc) is 2.61. The summed E-state index contributed by atoms with van der Waals surface area (Å²) >= 11 is 17.7. The molecule has 1 amide bonds. The SMILES string of the molecule is CC[C@@H]1CCCCN1C(=O)[C@@H](C)OC(=O)c1nc(Cl)c(Cl)c(N)c1Cl. The molecular formula is C16H20Cl3N3O3. The Bertz CT molecular complexity index is 684. The minimum atomic E-state index is -0.965. The van der Waals surface area contributed by atoms with Gasteiger partial charge in [0, 0.05) is 12.6 Å². The van der Waals surface area contributed by atoms with Crippen LogP contribution in [0.5, 0.6) is 0 Å². The zero-order chi connectivity index (χ0) is 18.7. The molecule has 0 aromatic carbocycles. The highest BCUT2D eigenvalue weighted by atomic mass is 35.5. The number of nitrogens with zero attached hydrogens (tertiary/aromatic N) is 2. The summed E-state index contributed by atoms with van der Waals surface area (Å²) in [6.07, 6.45) is 2.90. The fourth-order valence-electron chi connectivity index (χ4n) is 2.88.